The Bertz CT molecular complexity index is 709. The Morgan fingerprint density at radius 2 is 0.781 bits per heavy atom. The molecule has 2 aromatic carbocycles. The van der Waals surface area contributed by atoms with Crippen LogP contribution in [-0.4, -0.2) is 23.7 Å². The highest BCUT2D eigenvalue weighted by Gasteiger charge is 2.15. The molecule has 0 spiro atoms. The van der Waals surface area contributed by atoms with Gasteiger partial charge in [0.1, 0.15) is 0 Å². The third kappa shape index (κ3) is 9.88. The molecule has 174 valence electrons. The van der Waals surface area contributed by atoms with Crippen LogP contribution in [0.5, 0.6) is 0 Å². The van der Waals surface area contributed by atoms with Crippen molar-refractivity contribution >= 4 is 11.6 Å². The van der Waals surface area contributed by atoms with Gasteiger partial charge in [0.2, 0.25) is 0 Å². The van der Waals surface area contributed by atoms with Gasteiger partial charge in [0.15, 0.2) is 11.6 Å². The fraction of sp³-hybridized carbons (Fsp3) is 0.500. The van der Waals surface area contributed by atoms with E-state index in [0.717, 1.165) is 38.5 Å². The maximum atomic E-state index is 12.2. The number of hydrogen-bond donors (Lipinski definition) is 2. The standard InChI is InChI=1S/C28H40N2O2/c29-25(27(31)23-17-11-9-12-18-23)21-15-7-5-3-1-2-4-6-8-16-22-26(30)28(32)24-19-13-10-14-20-24/h9-14,17-20,25-26H,1-8,15-16,21-22,29-30H2. The highest BCUT2D eigenvalue weighted by Crippen LogP contribution is 2.14. The van der Waals surface area contributed by atoms with Crippen molar-refractivity contribution in [2.24, 2.45) is 11.5 Å². The number of unbranched alkanes of at least 4 members (excludes halogenated alkanes) is 9. The van der Waals surface area contributed by atoms with Gasteiger partial charge in [-0.3, -0.25) is 9.59 Å². The van der Waals surface area contributed by atoms with E-state index < -0.39 is 0 Å². The van der Waals surface area contributed by atoms with E-state index in [0.29, 0.717) is 11.1 Å². The molecular weight excluding hydrogens is 396 g/mol. The average molecular weight is 437 g/mol. The molecule has 4 nitrogen and oxygen atoms in total. The molecule has 0 aliphatic carbocycles. The molecule has 2 aromatic rings. The molecule has 4 heteroatoms. The van der Waals surface area contributed by atoms with Gasteiger partial charge in [-0.2, -0.15) is 0 Å². The predicted octanol–water partition coefficient (Wildman–Crippen LogP) is 6.09. The van der Waals surface area contributed by atoms with Crippen LogP contribution in [-0.2, 0) is 0 Å². The topological polar surface area (TPSA) is 86.2 Å². The summed E-state index contributed by atoms with van der Waals surface area (Å²) in [6, 6.07) is 17.9. The van der Waals surface area contributed by atoms with E-state index in [9.17, 15) is 9.59 Å². The van der Waals surface area contributed by atoms with Crippen LogP contribution in [0.15, 0.2) is 60.7 Å². The van der Waals surface area contributed by atoms with E-state index >= 15 is 0 Å². The van der Waals surface area contributed by atoms with Gasteiger partial charge in [-0.15, -0.1) is 0 Å². The third-order valence-corrected chi connectivity index (χ3v) is 6.07. The molecule has 4 N–H and O–H groups in total. The number of carbonyl (C=O) groups is 2. The van der Waals surface area contributed by atoms with Crippen LogP contribution in [0.25, 0.3) is 0 Å². The van der Waals surface area contributed by atoms with Gasteiger partial charge in [-0.25, -0.2) is 0 Å². The lowest BCUT2D eigenvalue weighted by molar-refractivity contribution is 0.0948. The summed E-state index contributed by atoms with van der Waals surface area (Å²) < 4.78 is 0. The summed E-state index contributed by atoms with van der Waals surface area (Å²) in [7, 11) is 0. The first kappa shape index (κ1) is 26.0. The van der Waals surface area contributed by atoms with E-state index in [2.05, 4.69) is 0 Å². The fourth-order valence-corrected chi connectivity index (χ4v) is 4.04. The monoisotopic (exact) mass is 436 g/mol. The molecule has 2 rings (SSSR count). The van der Waals surface area contributed by atoms with Gasteiger partial charge in [0, 0.05) is 11.1 Å². The Hall–Kier alpha value is -2.30. The second-order valence-electron chi connectivity index (χ2n) is 8.79. The van der Waals surface area contributed by atoms with Crippen molar-refractivity contribution in [1.29, 1.82) is 0 Å². The van der Waals surface area contributed by atoms with Gasteiger partial charge in [0.25, 0.3) is 0 Å². The van der Waals surface area contributed by atoms with Crippen LogP contribution in [0.4, 0.5) is 0 Å². The normalized spacial score (nSPS) is 12.9. The van der Waals surface area contributed by atoms with Crippen molar-refractivity contribution in [3.63, 3.8) is 0 Å². The molecule has 0 aliphatic heterocycles. The number of hydrogen-bond acceptors (Lipinski definition) is 4. The minimum atomic E-state index is -0.381. The van der Waals surface area contributed by atoms with E-state index in [1.807, 2.05) is 60.7 Å². The van der Waals surface area contributed by atoms with Crippen LogP contribution in [0.3, 0.4) is 0 Å². The molecule has 0 saturated carbocycles. The first-order valence-electron chi connectivity index (χ1n) is 12.3. The Morgan fingerprint density at radius 3 is 1.09 bits per heavy atom. The number of rotatable bonds is 17. The molecule has 0 aliphatic rings. The third-order valence-electron chi connectivity index (χ3n) is 6.07. The number of Topliss-reactive ketones (excluding diaryl/α,β-unsaturated/α-hetero) is 2. The smallest absolute Gasteiger partial charge is 0.179 e. The van der Waals surface area contributed by atoms with Crippen molar-refractivity contribution in [2.75, 3.05) is 0 Å². The fourth-order valence-electron chi connectivity index (χ4n) is 4.04. The lowest BCUT2D eigenvalue weighted by Crippen LogP contribution is -2.30. The van der Waals surface area contributed by atoms with Crippen LogP contribution >= 0.6 is 0 Å². The Kier molecular flexibility index (Phi) is 12.6. The maximum absolute atomic E-state index is 12.2. The van der Waals surface area contributed by atoms with Gasteiger partial charge < -0.3 is 11.5 Å². The molecular formula is C28H40N2O2. The summed E-state index contributed by atoms with van der Waals surface area (Å²) in [5.74, 6) is 0.104. The lowest BCUT2D eigenvalue weighted by Gasteiger charge is -2.11. The molecule has 0 bridgehead atoms. The first-order valence-corrected chi connectivity index (χ1v) is 12.3. The molecule has 0 radical (unpaired) electrons. The van der Waals surface area contributed by atoms with E-state index in [1.54, 1.807) is 0 Å². The summed E-state index contributed by atoms with van der Waals surface area (Å²) in [5.41, 5.74) is 13.5. The lowest BCUT2D eigenvalue weighted by atomic mass is 9.98. The average Bonchev–Trinajstić information content (AvgIpc) is 2.84. The minimum Gasteiger partial charge on any atom is -0.321 e. The van der Waals surface area contributed by atoms with Crippen molar-refractivity contribution in [1.82, 2.24) is 0 Å². The predicted molar refractivity (Wildman–Crippen MR) is 133 cm³/mol. The second kappa shape index (κ2) is 15.5. The molecule has 0 aromatic heterocycles. The number of benzene rings is 2. The summed E-state index contributed by atoms with van der Waals surface area (Å²) in [4.78, 5) is 24.5. The largest absolute Gasteiger partial charge is 0.321 e. The first-order chi connectivity index (χ1) is 15.6. The van der Waals surface area contributed by atoms with Crippen LogP contribution in [0, 0.1) is 0 Å². The van der Waals surface area contributed by atoms with Crippen LogP contribution in [0.2, 0.25) is 0 Å². The van der Waals surface area contributed by atoms with Crippen molar-refractivity contribution in [3.8, 4) is 0 Å². The quantitative estimate of drug-likeness (QED) is 0.232. The molecule has 0 saturated heterocycles. The van der Waals surface area contributed by atoms with Crippen molar-refractivity contribution in [3.05, 3.63) is 71.8 Å². The molecule has 2 unspecified atom stereocenters. The zero-order chi connectivity index (χ0) is 23.0. The van der Waals surface area contributed by atoms with Gasteiger partial charge in [0.05, 0.1) is 12.1 Å². The number of nitrogens with two attached hydrogens (primary N) is 2. The highest BCUT2D eigenvalue weighted by atomic mass is 16.1. The Labute approximate surface area is 193 Å². The van der Waals surface area contributed by atoms with Gasteiger partial charge >= 0.3 is 0 Å². The van der Waals surface area contributed by atoms with E-state index in [4.69, 9.17) is 11.5 Å². The minimum absolute atomic E-state index is 0.0518. The molecule has 0 fully saturated rings. The zero-order valence-corrected chi connectivity index (χ0v) is 19.4. The maximum Gasteiger partial charge on any atom is 0.179 e. The molecule has 2 atom stereocenters. The Balaban J connectivity index is 1.39. The SMILES string of the molecule is NC(CCCCCCCCCCCCC(N)C(=O)c1ccccc1)C(=O)c1ccccc1. The van der Waals surface area contributed by atoms with Crippen LogP contribution in [0.1, 0.15) is 97.8 Å². The molecule has 0 amide bonds. The van der Waals surface area contributed by atoms with Crippen molar-refractivity contribution in [2.45, 2.75) is 89.1 Å². The van der Waals surface area contributed by atoms with E-state index in [1.165, 1.54) is 38.5 Å². The van der Waals surface area contributed by atoms with Gasteiger partial charge in [-0.1, -0.05) is 125 Å². The number of ketones is 2. The zero-order valence-electron chi connectivity index (χ0n) is 19.4. The molecule has 32 heavy (non-hydrogen) atoms. The summed E-state index contributed by atoms with van der Waals surface area (Å²) >= 11 is 0. The van der Waals surface area contributed by atoms with E-state index in [-0.39, 0.29) is 23.7 Å². The van der Waals surface area contributed by atoms with Crippen molar-refractivity contribution < 1.29 is 9.59 Å². The van der Waals surface area contributed by atoms with Crippen LogP contribution < -0.4 is 11.5 Å². The number of carbonyl (C=O) groups excluding carboxylic acids is 2. The second-order valence-corrected chi connectivity index (χ2v) is 8.79. The van der Waals surface area contributed by atoms with Gasteiger partial charge in [-0.05, 0) is 12.8 Å². The molecule has 0 heterocycles. The summed E-state index contributed by atoms with van der Waals surface area (Å²) in [5, 5.41) is 0. The highest BCUT2D eigenvalue weighted by molar-refractivity contribution is 6.00. The summed E-state index contributed by atoms with van der Waals surface area (Å²) in [6.07, 6.45) is 13.3. The Morgan fingerprint density at radius 1 is 0.500 bits per heavy atom. The summed E-state index contributed by atoms with van der Waals surface area (Å²) in [6.45, 7) is 0.